The molecule has 1 heterocycles. The van der Waals surface area contributed by atoms with Crippen LogP contribution in [0, 0.1) is 0 Å². The quantitative estimate of drug-likeness (QED) is 0.734. The zero-order chi connectivity index (χ0) is 15.0. The molecule has 2 aliphatic carbocycles. The number of allylic oxidation sites excluding steroid dienone is 5. The smallest absolute Gasteiger partial charge is 0.208 e. The van der Waals surface area contributed by atoms with E-state index in [0.717, 1.165) is 6.42 Å². The first-order valence-corrected chi connectivity index (χ1v) is 9.45. The van der Waals surface area contributed by atoms with Gasteiger partial charge in [-0.2, -0.15) is 0 Å². The Bertz CT molecular complexity index is 470. The normalized spacial score (nSPS) is 34.4. The minimum absolute atomic E-state index is 0.442. The van der Waals surface area contributed by atoms with E-state index in [1.165, 1.54) is 31.3 Å². The van der Waals surface area contributed by atoms with Gasteiger partial charge in [-0.1, -0.05) is 37.1 Å². The highest BCUT2D eigenvalue weighted by molar-refractivity contribution is 7.62. The molecule has 0 aromatic carbocycles. The molecule has 116 valence electrons. The summed E-state index contributed by atoms with van der Waals surface area (Å²) in [5.74, 6) is 0. The highest BCUT2D eigenvalue weighted by Crippen LogP contribution is 2.66. The lowest BCUT2D eigenvalue weighted by Gasteiger charge is -2.42. The Labute approximate surface area is 129 Å². The fourth-order valence-electron chi connectivity index (χ4n) is 3.96. The van der Waals surface area contributed by atoms with E-state index in [1.807, 2.05) is 31.9 Å². The topological polar surface area (TPSA) is 32.8 Å². The molecule has 3 aliphatic rings. The summed E-state index contributed by atoms with van der Waals surface area (Å²) in [5.41, 5.74) is 1.21. The third-order valence-corrected chi connectivity index (χ3v) is 8.32. The lowest BCUT2D eigenvalue weighted by molar-refractivity contribution is -0.199. The van der Waals surface area contributed by atoms with Gasteiger partial charge in [-0.3, -0.25) is 0 Å². The third-order valence-electron chi connectivity index (χ3n) is 5.15. The Morgan fingerprint density at radius 2 is 1.81 bits per heavy atom. The molecule has 0 N–H and O–H groups in total. The first-order valence-electron chi connectivity index (χ1n) is 7.89. The minimum atomic E-state index is -2.65. The first kappa shape index (κ1) is 15.2. The molecule has 0 amide bonds. The fourth-order valence-corrected chi connectivity index (χ4v) is 6.90. The van der Waals surface area contributed by atoms with Gasteiger partial charge in [0.2, 0.25) is 7.94 Å². The molecule has 1 saturated carbocycles. The Morgan fingerprint density at radius 3 is 2.33 bits per heavy atom. The molecule has 21 heavy (non-hydrogen) atoms. The van der Waals surface area contributed by atoms with Gasteiger partial charge < -0.3 is 4.89 Å². The fraction of sp³-hybridized carbons (Fsp3) is 0.625. The van der Waals surface area contributed by atoms with E-state index in [-0.39, 0.29) is 0 Å². The maximum absolute atomic E-state index is 13.7. The molecule has 5 heteroatoms. The third kappa shape index (κ3) is 2.49. The summed E-state index contributed by atoms with van der Waals surface area (Å²) >= 11 is 0. The van der Waals surface area contributed by atoms with Gasteiger partial charge in [0.1, 0.15) is 0 Å². The second-order valence-electron chi connectivity index (χ2n) is 6.35. The van der Waals surface area contributed by atoms with Crippen molar-refractivity contribution in [3.8, 4) is 0 Å². The lowest BCUT2D eigenvalue weighted by atomic mass is 9.91. The molecule has 1 saturated heterocycles. The largest absolute Gasteiger partial charge is 0.631 e. The second-order valence-corrected chi connectivity index (χ2v) is 9.27. The summed E-state index contributed by atoms with van der Waals surface area (Å²) in [6, 6.07) is 0.884. The van der Waals surface area contributed by atoms with Crippen LogP contribution in [0.5, 0.6) is 0 Å². The number of fused-ring (bicyclic) bond motifs is 1. The second kappa shape index (κ2) is 5.85. The highest BCUT2D eigenvalue weighted by atomic mass is 31.2. The van der Waals surface area contributed by atoms with Crippen molar-refractivity contribution in [1.82, 2.24) is 14.0 Å². The number of hydrogen-bond acceptors (Lipinski definition) is 4. The Hall–Kier alpha value is -0.670. The molecule has 3 rings (SSSR count). The molecule has 1 aliphatic heterocycles. The van der Waals surface area contributed by atoms with Crippen molar-refractivity contribution in [2.75, 3.05) is 21.1 Å². The van der Waals surface area contributed by atoms with Crippen LogP contribution in [0.4, 0.5) is 0 Å². The summed E-state index contributed by atoms with van der Waals surface area (Å²) in [4.78, 5) is 13.7. The van der Waals surface area contributed by atoms with Gasteiger partial charge >= 0.3 is 0 Å². The van der Waals surface area contributed by atoms with Gasteiger partial charge in [0.25, 0.3) is 0 Å². The molecule has 0 bridgehead atoms. The Balaban J connectivity index is 1.85. The van der Waals surface area contributed by atoms with Gasteiger partial charge in [0.15, 0.2) is 0 Å². The Morgan fingerprint density at radius 1 is 1.19 bits per heavy atom. The first-order chi connectivity index (χ1) is 10.0. The van der Waals surface area contributed by atoms with E-state index in [1.54, 1.807) is 0 Å². The number of nitrogens with zero attached hydrogens (tertiary/aromatic N) is 3. The molecule has 4 nitrogen and oxygen atoms in total. The van der Waals surface area contributed by atoms with Gasteiger partial charge in [-0.25, -0.2) is 4.67 Å². The molecule has 0 aromatic heterocycles. The van der Waals surface area contributed by atoms with Gasteiger partial charge in [-0.15, -0.1) is 9.34 Å². The lowest BCUT2D eigenvalue weighted by Crippen LogP contribution is -2.40. The molecule has 2 fully saturated rings. The number of rotatable bonds is 2. The number of hydrogen-bond donors (Lipinski definition) is 0. The van der Waals surface area contributed by atoms with Crippen molar-refractivity contribution >= 4 is 7.94 Å². The Kier molecular flexibility index (Phi) is 4.24. The van der Waals surface area contributed by atoms with Crippen LogP contribution in [0.15, 0.2) is 36.1 Å². The predicted molar refractivity (Wildman–Crippen MR) is 87.2 cm³/mol. The average Bonchev–Trinajstić information content (AvgIpc) is 2.72. The van der Waals surface area contributed by atoms with Gasteiger partial charge in [0, 0.05) is 27.3 Å². The van der Waals surface area contributed by atoms with Crippen molar-refractivity contribution in [3.63, 3.8) is 0 Å². The van der Waals surface area contributed by atoms with Crippen LogP contribution in [0.3, 0.4) is 0 Å². The van der Waals surface area contributed by atoms with Crippen molar-refractivity contribution in [2.24, 2.45) is 0 Å². The predicted octanol–water partition coefficient (Wildman–Crippen LogP) is 2.54. The SMILES string of the molecule is CN(/C=C1\C=CC=CC1)[P+]1([O-])N(C)[C@@H]2CCCC[C@H]2N1C. The molecular formula is C16H26N3OP. The van der Waals surface area contributed by atoms with Crippen LogP contribution in [-0.2, 0) is 0 Å². The molecule has 0 radical (unpaired) electrons. The standard InChI is InChI=1S/C16H26N3OP/c1-17(13-14-9-5-4-6-10-14)21(20)18(2)15-11-7-8-12-16(15)19(21)3/h4-6,9,13,15-16H,7-8,10-12H2,1-3H3/b14-13+/t15-,16-/m1/s1. The average molecular weight is 307 g/mol. The summed E-state index contributed by atoms with van der Waals surface area (Å²) in [7, 11) is 3.39. The highest BCUT2D eigenvalue weighted by Gasteiger charge is 2.57. The van der Waals surface area contributed by atoms with Crippen LogP contribution < -0.4 is 4.89 Å². The summed E-state index contributed by atoms with van der Waals surface area (Å²) in [6.07, 6.45) is 16.2. The van der Waals surface area contributed by atoms with Crippen molar-refractivity contribution in [3.05, 3.63) is 36.1 Å². The van der Waals surface area contributed by atoms with Crippen LogP contribution in [-0.4, -0.2) is 47.2 Å². The summed E-state index contributed by atoms with van der Waals surface area (Å²) < 4.78 is 6.26. The summed E-state index contributed by atoms with van der Waals surface area (Å²) in [6.45, 7) is 0. The maximum atomic E-state index is 13.7. The molecule has 0 aromatic rings. The zero-order valence-electron chi connectivity index (χ0n) is 13.3. The van der Waals surface area contributed by atoms with Gasteiger partial charge in [-0.05, 0) is 24.8 Å². The van der Waals surface area contributed by atoms with Gasteiger partial charge in [0.05, 0.1) is 12.1 Å². The van der Waals surface area contributed by atoms with E-state index in [4.69, 9.17) is 0 Å². The molecule has 0 unspecified atom stereocenters. The van der Waals surface area contributed by atoms with Crippen LogP contribution in [0.25, 0.3) is 0 Å². The van der Waals surface area contributed by atoms with E-state index >= 15 is 0 Å². The molecule has 2 atom stereocenters. The van der Waals surface area contributed by atoms with Crippen molar-refractivity contribution < 1.29 is 4.89 Å². The van der Waals surface area contributed by atoms with E-state index in [9.17, 15) is 4.89 Å². The van der Waals surface area contributed by atoms with Crippen LogP contribution >= 0.6 is 7.94 Å². The molecular weight excluding hydrogens is 281 g/mol. The van der Waals surface area contributed by atoms with Crippen LogP contribution in [0.2, 0.25) is 0 Å². The summed E-state index contributed by atoms with van der Waals surface area (Å²) in [5, 5.41) is 0. The monoisotopic (exact) mass is 307 g/mol. The van der Waals surface area contributed by atoms with Crippen molar-refractivity contribution in [1.29, 1.82) is 0 Å². The van der Waals surface area contributed by atoms with E-state index in [0.29, 0.717) is 12.1 Å². The number of likely N-dealkylation sites (N-methyl/N-ethyl adjacent to an activating group) is 2. The van der Waals surface area contributed by atoms with E-state index in [2.05, 4.69) is 33.8 Å². The molecule has 0 spiro atoms. The zero-order valence-corrected chi connectivity index (χ0v) is 14.2. The van der Waals surface area contributed by atoms with E-state index < -0.39 is 7.94 Å². The minimum Gasteiger partial charge on any atom is -0.631 e. The van der Waals surface area contributed by atoms with Crippen molar-refractivity contribution in [2.45, 2.75) is 44.2 Å². The maximum Gasteiger partial charge on any atom is 0.208 e. The van der Waals surface area contributed by atoms with Crippen LogP contribution in [0.1, 0.15) is 32.1 Å².